The van der Waals surface area contributed by atoms with Gasteiger partial charge in [0.1, 0.15) is 12.4 Å². The Balaban J connectivity index is 1.78. The predicted octanol–water partition coefficient (Wildman–Crippen LogP) is 5.65. The molecule has 34 heavy (non-hydrogen) atoms. The topological polar surface area (TPSA) is 88.6 Å². The zero-order valence-electron chi connectivity index (χ0n) is 19.0. The molecule has 0 fully saturated rings. The fraction of sp³-hybridized carbons (Fsp3) is 0.308. The van der Waals surface area contributed by atoms with Gasteiger partial charge in [0.15, 0.2) is 17.3 Å². The summed E-state index contributed by atoms with van der Waals surface area (Å²) in [7, 11) is 1.82. The van der Waals surface area contributed by atoms with Crippen molar-refractivity contribution in [2.45, 2.75) is 38.7 Å². The number of ketones is 1. The van der Waals surface area contributed by atoms with Crippen LogP contribution in [0.2, 0.25) is 5.02 Å². The third kappa shape index (κ3) is 4.62. The third-order valence-corrected chi connectivity index (χ3v) is 7.14. The van der Waals surface area contributed by atoms with Crippen molar-refractivity contribution in [2.24, 2.45) is 5.73 Å². The van der Waals surface area contributed by atoms with Gasteiger partial charge in [-0.15, -0.1) is 0 Å². The lowest BCUT2D eigenvalue weighted by atomic mass is 9.76. The Bertz CT molecular complexity index is 1250. The van der Waals surface area contributed by atoms with E-state index in [2.05, 4.69) is 28.7 Å². The summed E-state index contributed by atoms with van der Waals surface area (Å²) in [6.07, 6.45) is 2.00. The summed E-state index contributed by atoms with van der Waals surface area (Å²) in [6, 6.07) is 13.6. The van der Waals surface area contributed by atoms with Crippen LogP contribution in [0, 0.1) is 14.9 Å². The second kappa shape index (κ2) is 10.3. The van der Waals surface area contributed by atoms with Crippen LogP contribution >= 0.6 is 34.2 Å². The maximum absolute atomic E-state index is 13.0. The molecule has 8 heteroatoms. The molecule has 0 saturated heterocycles. The molecule has 0 aromatic heterocycles. The van der Waals surface area contributed by atoms with Crippen LogP contribution in [0.25, 0.3) is 0 Å². The van der Waals surface area contributed by atoms with Gasteiger partial charge in [-0.1, -0.05) is 23.7 Å². The molecule has 2 aliphatic rings. The van der Waals surface area contributed by atoms with Crippen LogP contribution in [0.15, 0.2) is 59.1 Å². The minimum atomic E-state index is -0.529. The predicted molar refractivity (Wildman–Crippen MR) is 139 cm³/mol. The van der Waals surface area contributed by atoms with Crippen molar-refractivity contribution in [2.75, 3.05) is 13.7 Å². The lowest BCUT2D eigenvalue weighted by molar-refractivity contribution is -0.116. The molecule has 0 unspecified atom stereocenters. The van der Waals surface area contributed by atoms with E-state index in [4.69, 9.17) is 26.8 Å². The zero-order valence-corrected chi connectivity index (χ0v) is 21.9. The van der Waals surface area contributed by atoms with E-state index in [0.717, 1.165) is 33.2 Å². The summed E-state index contributed by atoms with van der Waals surface area (Å²) in [5.41, 5.74) is 10.0. The molecule has 2 aromatic carbocycles. The number of nitriles is 1. The minimum Gasteiger partial charge on any atom is -0.490 e. The summed E-state index contributed by atoms with van der Waals surface area (Å²) in [5, 5.41) is 10.6. The van der Waals surface area contributed by atoms with Gasteiger partial charge in [0.05, 0.1) is 27.7 Å². The van der Waals surface area contributed by atoms with Crippen LogP contribution in [0.5, 0.6) is 11.5 Å². The molecule has 1 heterocycles. The number of nitrogens with two attached hydrogens (primary N) is 1. The Labute approximate surface area is 218 Å². The molecule has 2 N–H and O–H groups in total. The molecule has 1 aliphatic heterocycles. The largest absolute Gasteiger partial charge is 0.490 e. The third-order valence-electron chi connectivity index (χ3n) is 6.11. The van der Waals surface area contributed by atoms with E-state index < -0.39 is 5.92 Å². The average molecular weight is 590 g/mol. The van der Waals surface area contributed by atoms with Crippen molar-refractivity contribution < 1.29 is 14.3 Å². The maximum atomic E-state index is 13.0. The summed E-state index contributed by atoms with van der Waals surface area (Å²) >= 11 is 8.31. The molecular weight excluding hydrogens is 565 g/mol. The smallest absolute Gasteiger partial charge is 0.174 e. The van der Waals surface area contributed by atoms with E-state index in [1.54, 1.807) is 4.90 Å². The maximum Gasteiger partial charge on any atom is 0.174 e. The van der Waals surface area contributed by atoms with E-state index >= 15 is 0 Å². The molecule has 0 amide bonds. The Kier molecular flexibility index (Phi) is 7.39. The highest BCUT2D eigenvalue weighted by Crippen LogP contribution is 2.46. The van der Waals surface area contributed by atoms with Gasteiger partial charge < -0.3 is 20.1 Å². The Morgan fingerprint density at radius 2 is 2.06 bits per heavy atom. The first-order valence-corrected chi connectivity index (χ1v) is 12.5. The Morgan fingerprint density at radius 1 is 1.26 bits per heavy atom. The Morgan fingerprint density at radius 3 is 2.76 bits per heavy atom. The number of ether oxygens (including phenoxy) is 2. The highest BCUT2D eigenvalue weighted by molar-refractivity contribution is 14.1. The summed E-state index contributed by atoms with van der Waals surface area (Å²) in [4.78, 5) is 14.8. The van der Waals surface area contributed by atoms with Crippen molar-refractivity contribution in [1.29, 1.82) is 5.26 Å². The van der Waals surface area contributed by atoms with E-state index in [1.807, 2.05) is 50.4 Å². The number of hydrogen-bond donors (Lipinski definition) is 1. The number of carbonyl (C=O) groups is 1. The molecule has 0 bridgehead atoms. The molecule has 1 aliphatic carbocycles. The van der Waals surface area contributed by atoms with Crippen molar-refractivity contribution in [3.05, 3.63) is 78.8 Å². The number of hydrogen-bond acceptors (Lipinski definition) is 6. The summed E-state index contributed by atoms with van der Waals surface area (Å²) in [6.45, 7) is 2.67. The van der Waals surface area contributed by atoms with Gasteiger partial charge in [0, 0.05) is 29.8 Å². The number of benzene rings is 2. The molecule has 1 atom stereocenters. The Hall–Kier alpha value is -2.70. The fourth-order valence-corrected chi connectivity index (χ4v) is 5.53. The van der Waals surface area contributed by atoms with Crippen LogP contribution in [-0.4, -0.2) is 24.3 Å². The molecule has 6 nitrogen and oxygen atoms in total. The molecule has 4 rings (SSSR count). The van der Waals surface area contributed by atoms with Crippen molar-refractivity contribution in [1.82, 2.24) is 4.90 Å². The van der Waals surface area contributed by atoms with Gasteiger partial charge in [-0.3, -0.25) is 4.79 Å². The quantitative estimate of drug-likeness (QED) is 0.438. The molecule has 2 aromatic rings. The van der Waals surface area contributed by atoms with E-state index in [1.165, 1.54) is 0 Å². The summed E-state index contributed by atoms with van der Waals surface area (Å²) < 4.78 is 12.9. The number of carbonyl (C=O) groups excluding carboxylic acids is 1. The number of Topliss-reactive ketones (excluding diaryl/α,β-unsaturated/α-hetero) is 1. The monoisotopic (exact) mass is 589 g/mol. The average Bonchev–Trinajstić information content (AvgIpc) is 2.81. The molecule has 176 valence electrons. The zero-order chi connectivity index (χ0) is 24.4. The van der Waals surface area contributed by atoms with Crippen LogP contribution in [-0.2, 0) is 11.4 Å². The van der Waals surface area contributed by atoms with Gasteiger partial charge in [0.25, 0.3) is 0 Å². The lowest BCUT2D eigenvalue weighted by Gasteiger charge is -2.37. The van der Waals surface area contributed by atoms with Gasteiger partial charge >= 0.3 is 0 Å². The molecule has 0 saturated carbocycles. The first-order chi connectivity index (χ1) is 16.3. The normalized spacial score (nSPS) is 18.0. The lowest BCUT2D eigenvalue weighted by Crippen LogP contribution is -2.36. The SMILES string of the molecule is CCOc1cc([C@H]2C(C#N)=C(N)N(C)C3=C2C(=O)CCC3)cc(I)c1OCc1cccc(Cl)c1. The van der Waals surface area contributed by atoms with E-state index in [9.17, 15) is 10.1 Å². The van der Waals surface area contributed by atoms with Crippen molar-refractivity contribution >= 4 is 40.0 Å². The van der Waals surface area contributed by atoms with Crippen LogP contribution in [0.1, 0.15) is 43.2 Å². The number of allylic oxidation sites excluding steroid dienone is 3. The van der Waals surface area contributed by atoms with Crippen LogP contribution in [0.3, 0.4) is 0 Å². The van der Waals surface area contributed by atoms with Gasteiger partial charge in [-0.2, -0.15) is 5.26 Å². The summed E-state index contributed by atoms with van der Waals surface area (Å²) in [5.74, 6) is 1.09. The number of nitrogens with zero attached hydrogens (tertiary/aromatic N) is 2. The fourth-order valence-electron chi connectivity index (χ4n) is 4.54. The standard InChI is InChI=1S/C26H25ClIN3O3/c1-3-33-22-12-16(11-19(28)25(22)34-14-15-6-4-7-17(27)10-15)23-18(13-29)26(30)31(2)20-8-5-9-21(32)24(20)23/h4,6-7,10-12,23H,3,5,8-9,14,30H2,1-2H3/t23-/m0/s1. The van der Waals surface area contributed by atoms with Crippen molar-refractivity contribution in [3.8, 4) is 17.6 Å². The van der Waals surface area contributed by atoms with Gasteiger partial charge in [0.2, 0.25) is 0 Å². The number of rotatable bonds is 6. The van der Waals surface area contributed by atoms with Crippen LogP contribution < -0.4 is 15.2 Å². The number of halogens is 2. The molecular formula is C26H25ClIN3O3. The van der Waals surface area contributed by atoms with E-state index in [-0.39, 0.29) is 5.78 Å². The highest BCUT2D eigenvalue weighted by atomic mass is 127. The minimum absolute atomic E-state index is 0.0626. The highest BCUT2D eigenvalue weighted by Gasteiger charge is 2.39. The second-order valence-corrected chi connectivity index (χ2v) is 9.82. The van der Waals surface area contributed by atoms with Crippen molar-refractivity contribution in [3.63, 3.8) is 0 Å². The van der Waals surface area contributed by atoms with E-state index in [0.29, 0.717) is 53.1 Å². The molecule has 0 radical (unpaired) electrons. The van der Waals surface area contributed by atoms with Gasteiger partial charge in [-0.25, -0.2) is 0 Å². The first-order valence-electron chi connectivity index (χ1n) is 11.1. The second-order valence-electron chi connectivity index (χ2n) is 8.22. The van der Waals surface area contributed by atoms with Crippen LogP contribution in [0.4, 0.5) is 0 Å². The molecule has 0 spiro atoms. The van der Waals surface area contributed by atoms with Gasteiger partial charge in [-0.05, 0) is 77.7 Å². The first kappa shape index (κ1) is 24.4.